The maximum atomic E-state index is 13.1. The number of esters is 2. The molecule has 4 nitrogen and oxygen atoms in total. The average molecular weight is 176 g/mol. The fraction of sp³-hybridized carbons (Fsp3) is 0.714. The molecule has 0 aliphatic carbocycles. The minimum absolute atomic E-state index is 0.812. The standard InChI is InChI=1S/C7H9FO4/c1-6(2)11-4(9)7(3,8)5(10)12-6/h1-3H3. The van der Waals surface area contributed by atoms with Crippen molar-refractivity contribution in [2.24, 2.45) is 0 Å². The lowest BCUT2D eigenvalue weighted by atomic mass is 10.1. The van der Waals surface area contributed by atoms with Crippen LogP contribution in [0.15, 0.2) is 0 Å². The van der Waals surface area contributed by atoms with Gasteiger partial charge in [0.2, 0.25) is 0 Å². The van der Waals surface area contributed by atoms with Gasteiger partial charge in [0.15, 0.2) is 0 Å². The van der Waals surface area contributed by atoms with Crippen molar-refractivity contribution in [3.05, 3.63) is 0 Å². The Hall–Kier alpha value is -1.13. The first-order valence-corrected chi connectivity index (χ1v) is 3.41. The van der Waals surface area contributed by atoms with Crippen LogP contribution < -0.4 is 0 Å². The summed E-state index contributed by atoms with van der Waals surface area (Å²) in [5.41, 5.74) is -2.67. The molecule has 0 N–H and O–H groups in total. The minimum Gasteiger partial charge on any atom is -0.420 e. The molecule has 12 heavy (non-hydrogen) atoms. The van der Waals surface area contributed by atoms with Gasteiger partial charge in [-0.25, -0.2) is 14.0 Å². The lowest BCUT2D eigenvalue weighted by molar-refractivity contribution is -0.250. The first kappa shape index (κ1) is 8.96. The molecule has 0 aromatic heterocycles. The van der Waals surface area contributed by atoms with Crippen molar-refractivity contribution in [3.63, 3.8) is 0 Å². The number of cyclic esters (lactones) is 2. The van der Waals surface area contributed by atoms with E-state index in [0.29, 0.717) is 0 Å². The van der Waals surface area contributed by atoms with Crippen LogP contribution >= 0.6 is 0 Å². The molecule has 0 radical (unpaired) electrons. The topological polar surface area (TPSA) is 52.6 Å². The molecule has 0 unspecified atom stereocenters. The summed E-state index contributed by atoms with van der Waals surface area (Å²) in [5, 5.41) is 0. The van der Waals surface area contributed by atoms with Crippen molar-refractivity contribution in [1.82, 2.24) is 0 Å². The van der Waals surface area contributed by atoms with Crippen LogP contribution in [-0.4, -0.2) is 23.4 Å². The largest absolute Gasteiger partial charge is 0.420 e. The third-order valence-electron chi connectivity index (χ3n) is 1.44. The molecule has 0 saturated carbocycles. The average Bonchev–Trinajstić information content (AvgIpc) is 1.82. The number of carbonyl (C=O) groups excluding carboxylic acids is 2. The normalized spacial score (nSPS) is 26.0. The SMILES string of the molecule is CC1(C)OC(=O)C(C)(F)C(=O)O1. The zero-order valence-electron chi connectivity index (χ0n) is 7.01. The van der Waals surface area contributed by atoms with E-state index in [4.69, 9.17) is 0 Å². The second-order valence-electron chi connectivity index (χ2n) is 3.18. The van der Waals surface area contributed by atoms with Crippen LogP contribution in [0.5, 0.6) is 0 Å². The summed E-state index contributed by atoms with van der Waals surface area (Å²) >= 11 is 0. The molecule has 0 spiro atoms. The fourth-order valence-electron chi connectivity index (χ4n) is 0.742. The second kappa shape index (κ2) is 2.18. The molecule has 68 valence electrons. The van der Waals surface area contributed by atoms with Crippen LogP contribution in [0.25, 0.3) is 0 Å². The van der Waals surface area contributed by atoms with E-state index in [0.717, 1.165) is 6.92 Å². The summed E-state index contributed by atoms with van der Waals surface area (Å²) in [6.07, 6.45) is 0. The van der Waals surface area contributed by atoms with Gasteiger partial charge in [0.1, 0.15) is 0 Å². The number of hydrogen-bond acceptors (Lipinski definition) is 4. The van der Waals surface area contributed by atoms with Gasteiger partial charge in [-0.3, -0.25) is 0 Å². The number of hydrogen-bond donors (Lipinski definition) is 0. The second-order valence-corrected chi connectivity index (χ2v) is 3.18. The third kappa shape index (κ3) is 1.26. The molecule has 1 rings (SSSR count). The van der Waals surface area contributed by atoms with E-state index >= 15 is 0 Å². The van der Waals surface area contributed by atoms with E-state index in [1.54, 1.807) is 0 Å². The Morgan fingerprint density at radius 2 is 1.42 bits per heavy atom. The van der Waals surface area contributed by atoms with Gasteiger partial charge in [0.05, 0.1) is 0 Å². The molecular weight excluding hydrogens is 167 g/mol. The van der Waals surface area contributed by atoms with Gasteiger partial charge in [-0.2, -0.15) is 0 Å². The van der Waals surface area contributed by atoms with Crippen molar-refractivity contribution in [2.45, 2.75) is 32.2 Å². The van der Waals surface area contributed by atoms with Crippen LogP contribution in [0.4, 0.5) is 4.39 Å². The van der Waals surface area contributed by atoms with Crippen LogP contribution in [0, 0.1) is 0 Å². The molecule has 5 heteroatoms. The molecule has 0 aromatic rings. The Balaban J connectivity index is 2.93. The first-order chi connectivity index (χ1) is 5.26. The minimum atomic E-state index is -2.67. The molecule has 1 aliphatic rings. The van der Waals surface area contributed by atoms with E-state index in [1.807, 2.05) is 0 Å². The highest BCUT2D eigenvalue weighted by Crippen LogP contribution is 2.27. The van der Waals surface area contributed by atoms with Crippen LogP contribution in [0.3, 0.4) is 0 Å². The van der Waals surface area contributed by atoms with Gasteiger partial charge >= 0.3 is 11.9 Å². The van der Waals surface area contributed by atoms with Crippen LogP contribution in [0.2, 0.25) is 0 Å². The molecule has 0 amide bonds. The molecule has 1 fully saturated rings. The van der Waals surface area contributed by atoms with E-state index in [9.17, 15) is 14.0 Å². The summed E-state index contributed by atoms with van der Waals surface area (Å²) in [6, 6.07) is 0. The highest BCUT2D eigenvalue weighted by atomic mass is 19.1. The van der Waals surface area contributed by atoms with Gasteiger partial charge in [0, 0.05) is 13.8 Å². The molecule has 1 saturated heterocycles. The number of halogens is 1. The highest BCUT2D eigenvalue weighted by molar-refractivity contribution is 6.04. The molecule has 0 bridgehead atoms. The summed E-state index contributed by atoms with van der Waals surface area (Å²) in [7, 11) is 0. The maximum Gasteiger partial charge on any atom is 0.358 e. The molecule has 0 atom stereocenters. The zero-order valence-corrected chi connectivity index (χ0v) is 7.01. The zero-order chi connectivity index (χ0) is 9.57. The van der Waals surface area contributed by atoms with Gasteiger partial charge < -0.3 is 9.47 Å². The lowest BCUT2D eigenvalue weighted by Gasteiger charge is -2.34. The first-order valence-electron chi connectivity index (χ1n) is 3.41. The Bertz CT molecular complexity index is 222. The Morgan fingerprint density at radius 1 is 1.08 bits per heavy atom. The Labute approximate surface area is 68.6 Å². The van der Waals surface area contributed by atoms with E-state index in [1.165, 1.54) is 13.8 Å². The summed E-state index contributed by atoms with van der Waals surface area (Å²) in [5.74, 6) is -3.77. The lowest BCUT2D eigenvalue weighted by Crippen LogP contribution is -2.54. The molecule has 1 aliphatic heterocycles. The Kier molecular flexibility index (Phi) is 1.63. The van der Waals surface area contributed by atoms with Crippen molar-refractivity contribution in [1.29, 1.82) is 0 Å². The summed E-state index contributed by atoms with van der Waals surface area (Å²) in [4.78, 5) is 21.7. The van der Waals surface area contributed by atoms with Crippen LogP contribution in [-0.2, 0) is 19.1 Å². The predicted octanol–water partition coefficient (Wildman–Crippen LogP) is 0.551. The number of carbonyl (C=O) groups is 2. The van der Waals surface area contributed by atoms with E-state index < -0.39 is 23.4 Å². The van der Waals surface area contributed by atoms with Crippen molar-refractivity contribution in [2.75, 3.05) is 0 Å². The monoisotopic (exact) mass is 176 g/mol. The van der Waals surface area contributed by atoms with Crippen molar-refractivity contribution in [3.8, 4) is 0 Å². The quantitative estimate of drug-likeness (QED) is 0.399. The van der Waals surface area contributed by atoms with Gasteiger partial charge in [-0.05, 0) is 6.92 Å². The summed E-state index contributed by atoms with van der Waals surface area (Å²) < 4.78 is 22.1. The van der Waals surface area contributed by atoms with E-state index in [-0.39, 0.29) is 0 Å². The van der Waals surface area contributed by atoms with Crippen molar-refractivity contribution >= 4 is 11.9 Å². The molecular formula is C7H9FO4. The number of rotatable bonds is 0. The highest BCUT2D eigenvalue weighted by Gasteiger charge is 2.53. The van der Waals surface area contributed by atoms with Crippen LogP contribution in [0.1, 0.15) is 20.8 Å². The van der Waals surface area contributed by atoms with E-state index in [2.05, 4.69) is 9.47 Å². The molecule has 0 aromatic carbocycles. The fourth-order valence-corrected chi connectivity index (χ4v) is 0.742. The van der Waals surface area contributed by atoms with Crippen molar-refractivity contribution < 1.29 is 23.5 Å². The molecule has 1 heterocycles. The number of alkyl halides is 1. The van der Waals surface area contributed by atoms with Gasteiger partial charge in [-0.15, -0.1) is 0 Å². The van der Waals surface area contributed by atoms with Gasteiger partial charge in [-0.1, -0.05) is 0 Å². The smallest absolute Gasteiger partial charge is 0.358 e. The summed E-state index contributed by atoms with van der Waals surface area (Å²) in [6.45, 7) is 3.53. The van der Waals surface area contributed by atoms with Gasteiger partial charge in [0.25, 0.3) is 11.5 Å². The predicted molar refractivity (Wildman–Crippen MR) is 35.8 cm³/mol. The number of ether oxygens (including phenoxy) is 2. The maximum absolute atomic E-state index is 13.1. The third-order valence-corrected chi connectivity index (χ3v) is 1.44. The Morgan fingerprint density at radius 3 is 1.75 bits per heavy atom.